The molecule has 10 heteroatoms. The summed E-state index contributed by atoms with van der Waals surface area (Å²) in [5.41, 5.74) is 2.75. The Bertz CT molecular complexity index is 1180. The summed E-state index contributed by atoms with van der Waals surface area (Å²) in [6.07, 6.45) is 3.44. The van der Waals surface area contributed by atoms with Crippen molar-refractivity contribution >= 4 is 29.0 Å². The van der Waals surface area contributed by atoms with Crippen LogP contribution >= 0.6 is 11.8 Å². The highest BCUT2D eigenvalue weighted by atomic mass is 32.2. The lowest BCUT2D eigenvalue weighted by Gasteiger charge is -2.11. The van der Waals surface area contributed by atoms with Crippen LogP contribution in [0.2, 0.25) is 0 Å². The van der Waals surface area contributed by atoms with Gasteiger partial charge in [-0.3, -0.25) is 9.78 Å². The number of hydrogen-bond acceptors (Lipinski definition) is 8. The van der Waals surface area contributed by atoms with Crippen molar-refractivity contribution < 1.29 is 14.3 Å². The molecule has 3 heterocycles. The van der Waals surface area contributed by atoms with Gasteiger partial charge in [0.2, 0.25) is 11.1 Å². The Labute approximate surface area is 176 Å². The number of ether oxygens (including phenoxy) is 2. The van der Waals surface area contributed by atoms with E-state index in [-0.39, 0.29) is 11.7 Å². The molecule has 0 aliphatic carbocycles. The van der Waals surface area contributed by atoms with Gasteiger partial charge in [0.15, 0.2) is 5.65 Å². The second-order valence-corrected chi connectivity index (χ2v) is 7.06. The number of aromatic nitrogens is 5. The third kappa shape index (κ3) is 4.18. The summed E-state index contributed by atoms with van der Waals surface area (Å²) in [7, 11) is 3.10. The molecule has 0 atom stereocenters. The first-order chi connectivity index (χ1) is 14.7. The smallest absolute Gasteiger partial charge is 0.234 e. The third-order valence-electron chi connectivity index (χ3n) is 4.20. The van der Waals surface area contributed by atoms with Crippen molar-refractivity contribution in [2.24, 2.45) is 0 Å². The molecule has 0 saturated heterocycles. The van der Waals surface area contributed by atoms with E-state index in [0.29, 0.717) is 28.0 Å². The number of nitrogens with zero attached hydrogens (tertiary/aromatic N) is 5. The summed E-state index contributed by atoms with van der Waals surface area (Å²) in [6.45, 7) is 0. The average Bonchev–Trinajstić information content (AvgIpc) is 3.20. The van der Waals surface area contributed by atoms with E-state index in [2.05, 4.69) is 25.6 Å². The maximum absolute atomic E-state index is 12.5. The number of pyridine rings is 1. The van der Waals surface area contributed by atoms with Gasteiger partial charge in [-0.2, -0.15) is 9.61 Å². The zero-order valence-electron chi connectivity index (χ0n) is 16.3. The standard InChI is InChI=1S/C20H18N6O3S/c1-28-14-5-7-17(29-2)16(10-14)22-19(27)12-30-20-24-23-18-8-6-15(25-26(18)20)13-4-3-9-21-11-13/h3-11H,12H2,1-2H3,(H,22,27). The number of nitrogens with one attached hydrogen (secondary N) is 1. The van der Waals surface area contributed by atoms with Crippen LogP contribution in [0.25, 0.3) is 16.9 Å². The van der Waals surface area contributed by atoms with Crippen molar-refractivity contribution in [3.8, 4) is 22.8 Å². The molecule has 0 unspecified atom stereocenters. The number of rotatable bonds is 7. The molecule has 0 bridgehead atoms. The fourth-order valence-electron chi connectivity index (χ4n) is 2.76. The van der Waals surface area contributed by atoms with Gasteiger partial charge < -0.3 is 14.8 Å². The van der Waals surface area contributed by atoms with Crippen LogP contribution in [0, 0.1) is 0 Å². The Balaban J connectivity index is 1.49. The predicted octanol–water partition coefficient (Wildman–Crippen LogP) is 2.93. The van der Waals surface area contributed by atoms with Crippen LogP contribution in [0.5, 0.6) is 11.5 Å². The number of thioether (sulfide) groups is 1. The SMILES string of the molecule is COc1ccc(OC)c(NC(=O)CSc2nnc3ccc(-c4cccnc4)nn23)c1. The molecule has 3 aromatic heterocycles. The lowest BCUT2D eigenvalue weighted by molar-refractivity contribution is -0.113. The molecule has 30 heavy (non-hydrogen) atoms. The maximum Gasteiger partial charge on any atom is 0.234 e. The van der Waals surface area contributed by atoms with E-state index in [4.69, 9.17) is 9.47 Å². The molecule has 4 aromatic rings. The third-order valence-corrected chi connectivity index (χ3v) is 5.12. The van der Waals surface area contributed by atoms with Gasteiger partial charge in [-0.05, 0) is 36.4 Å². The maximum atomic E-state index is 12.5. The van der Waals surface area contributed by atoms with Crippen LogP contribution in [0.4, 0.5) is 5.69 Å². The average molecular weight is 422 g/mol. The Morgan fingerprint density at radius 1 is 1.13 bits per heavy atom. The van der Waals surface area contributed by atoms with E-state index in [1.165, 1.54) is 11.8 Å². The lowest BCUT2D eigenvalue weighted by atomic mass is 10.2. The summed E-state index contributed by atoms with van der Waals surface area (Å²) in [5.74, 6) is 1.07. The molecule has 4 rings (SSSR count). The summed E-state index contributed by atoms with van der Waals surface area (Å²) in [4.78, 5) is 16.6. The summed E-state index contributed by atoms with van der Waals surface area (Å²) in [5, 5.41) is 16.2. The number of carbonyl (C=O) groups is 1. The van der Waals surface area contributed by atoms with E-state index >= 15 is 0 Å². The van der Waals surface area contributed by atoms with Gasteiger partial charge in [-0.15, -0.1) is 10.2 Å². The van der Waals surface area contributed by atoms with Gasteiger partial charge in [0.05, 0.1) is 31.4 Å². The second kappa shape index (κ2) is 8.78. The first-order valence-electron chi connectivity index (χ1n) is 8.95. The monoisotopic (exact) mass is 422 g/mol. The van der Waals surface area contributed by atoms with Gasteiger partial charge >= 0.3 is 0 Å². The largest absolute Gasteiger partial charge is 0.497 e. The molecular formula is C20H18N6O3S. The molecule has 1 N–H and O–H groups in total. The number of hydrogen-bond donors (Lipinski definition) is 1. The van der Waals surface area contributed by atoms with E-state index < -0.39 is 0 Å². The molecule has 0 aliphatic rings. The Hall–Kier alpha value is -3.66. The van der Waals surface area contributed by atoms with Gasteiger partial charge in [-0.1, -0.05) is 11.8 Å². The number of carbonyl (C=O) groups excluding carboxylic acids is 1. The van der Waals surface area contributed by atoms with Crippen molar-refractivity contribution in [1.29, 1.82) is 0 Å². The zero-order chi connectivity index (χ0) is 20.9. The highest BCUT2D eigenvalue weighted by Crippen LogP contribution is 2.29. The number of fused-ring (bicyclic) bond motifs is 1. The van der Waals surface area contributed by atoms with Gasteiger partial charge in [-0.25, -0.2) is 0 Å². The highest BCUT2D eigenvalue weighted by Gasteiger charge is 2.14. The molecular weight excluding hydrogens is 404 g/mol. The summed E-state index contributed by atoms with van der Waals surface area (Å²) >= 11 is 1.24. The predicted molar refractivity (Wildman–Crippen MR) is 113 cm³/mol. The molecule has 0 saturated carbocycles. The van der Waals surface area contributed by atoms with Crippen molar-refractivity contribution in [3.63, 3.8) is 0 Å². The van der Waals surface area contributed by atoms with Crippen LogP contribution < -0.4 is 14.8 Å². The molecule has 1 amide bonds. The minimum atomic E-state index is -0.216. The molecule has 0 aliphatic heterocycles. The molecule has 0 spiro atoms. The Morgan fingerprint density at radius 2 is 2.03 bits per heavy atom. The lowest BCUT2D eigenvalue weighted by Crippen LogP contribution is -2.15. The molecule has 9 nitrogen and oxygen atoms in total. The molecule has 0 radical (unpaired) electrons. The Kier molecular flexibility index (Phi) is 5.75. The minimum absolute atomic E-state index is 0.125. The van der Waals surface area contributed by atoms with E-state index in [9.17, 15) is 4.79 Å². The highest BCUT2D eigenvalue weighted by molar-refractivity contribution is 7.99. The topological polar surface area (TPSA) is 104 Å². The fraction of sp³-hybridized carbons (Fsp3) is 0.150. The van der Waals surface area contributed by atoms with Crippen molar-refractivity contribution in [2.45, 2.75) is 5.16 Å². The number of anilines is 1. The first-order valence-corrected chi connectivity index (χ1v) is 9.94. The van der Waals surface area contributed by atoms with Crippen molar-refractivity contribution in [2.75, 3.05) is 25.3 Å². The minimum Gasteiger partial charge on any atom is -0.497 e. The second-order valence-electron chi connectivity index (χ2n) is 6.12. The number of methoxy groups -OCH3 is 2. The van der Waals surface area contributed by atoms with Crippen LogP contribution in [0.15, 0.2) is 60.0 Å². The van der Waals surface area contributed by atoms with Crippen molar-refractivity contribution in [3.05, 3.63) is 54.9 Å². The van der Waals surface area contributed by atoms with Gasteiger partial charge in [0, 0.05) is 24.0 Å². The van der Waals surface area contributed by atoms with E-state index in [1.807, 2.05) is 24.3 Å². The zero-order valence-corrected chi connectivity index (χ0v) is 17.1. The van der Waals surface area contributed by atoms with Crippen LogP contribution in [0.3, 0.4) is 0 Å². The molecule has 1 aromatic carbocycles. The molecule has 152 valence electrons. The molecule has 0 fully saturated rings. The number of benzene rings is 1. The van der Waals surface area contributed by atoms with E-state index in [1.54, 1.807) is 49.3 Å². The fourth-order valence-corrected chi connectivity index (χ4v) is 3.44. The van der Waals surface area contributed by atoms with Crippen LogP contribution in [-0.4, -0.2) is 50.7 Å². The van der Waals surface area contributed by atoms with Crippen molar-refractivity contribution in [1.82, 2.24) is 24.8 Å². The summed E-state index contributed by atoms with van der Waals surface area (Å²) in [6, 6.07) is 12.7. The Morgan fingerprint density at radius 3 is 2.80 bits per heavy atom. The summed E-state index contributed by atoms with van der Waals surface area (Å²) < 4.78 is 12.1. The quantitative estimate of drug-likeness (QED) is 0.454. The first kappa shape index (κ1) is 19.6. The van der Waals surface area contributed by atoms with Crippen LogP contribution in [0.1, 0.15) is 0 Å². The van der Waals surface area contributed by atoms with Gasteiger partial charge in [0.1, 0.15) is 11.5 Å². The van der Waals surface area contributed by atoms with Crippen LogP contribution in [-0.2, 0) is 4.79 Å². The van der Waals surface area contributed by atoms with E-state index in [0.717, 1.165) is 11.3 Å². The normalized spacial score (nSPS) is 10.7. The number of amides is 1. The van der Waals surface area contributed by atoms with Gasteiger partial charge in [0.25, 0.3) is 0 Å².